The van der Waals surface area contributed by atoms with Gasteiger partial charge in [0, 0.05) is 11.9 Å². The molecule has 1 aliphatic rings. The molecule has 0 saturated heterocycles. The van der Waals surface area contributed by atoms with E-state index in [-0.39, 0.29) is 11.3 Å². The molecule has 0 aliphatic carbocycles. The number of benzene rings is 2. The summed E-state index contributed by atoms with van der Waals surface area (Å²) in [5.74, 6) is -0.592. The number of anilines is 1. The molecule has 4 rings (SSSR count). The van der Waals surface area contributed by atoms with Crippen LogP contribution in [0.3, 0.4) is 0 Å². The normalized spacial score (nSPS) is 16.7. The number of imidazole rings is 1. The van der Waals surface area contributed by atoms with Crippen LogP contribution < -0.4 is 9.64 Å². The summed E-state index contributed by atoms with van der Waals surface area (Å²) in [6.45, 7) is -1.24. The quantitative estimate of drug-likeness (QED) is 0.593. The number of hydrogen-bond donors (Lipinski definition) is 0. The maximum atomic E-state index is 14.1. The molecule has 1 aliphatic heterocycles. The Morgan fingerprint density at radius 1 is 1.07 bits per heavy atom. The lowest BCUT2D eigenvalue weighted by atomic mass is 10.2. The Labute approximate surface area is 157 Å². The number of halogens is 4. The number of alkyl halides is 2. The van der Waals surface area contributed by atoms with E-state index in [0.29, 0.717) is 17.0 Å². The van der Waals surface area contributed by atoms with Crippen LogP contribution in [0.1, 0.15) is 12.1 Å². The monoisotopic (exact) mass is 390 g/mol. The van der Waals surface area contributed by atoms with Gasteiger partial charge in [0.05, 0.1) is 11.7 Å². The van der Waals surface area contributed by atoms with E-state index in [1.54, 1.807) is 23.6 Å². The number of nitrogens with zero attached hydrogens (tertiary/aromatic N) is 4. The number of ether oxygens (including phenoxy) is 1. The van der Waals surface area contributed by atoms with E-state index >= 15 is 0 Å². The highest BCUT2D eigenvalue weighted by Gasteiger charge is 2.26. The lowest BCUT2D eigenvalue weighted by Gasteiger charge is -2.31. The number of aromatic nitrogens is 2. The van der Waals surface area contributed by atoms with Crippen LogP contribution in [0, 0.1) is 12.7 Å². The van der Waals surface area contributed by atoms with Crippen molar-refractivity contribution in [3.05, 3.63) is 66.1 Å². The number of allylic oxidation sites excluding steroid dienone is 1. The van der Waals surface area contributed by atoms with Crippen LogP contribution in [0.25, 0.3) is 11.0 Å². The molecule has 1 aromatic heterocycles. The number of hydrogen-bond acceptors (Lipinski definition) is 4. The van der Waals surface area contributed by atoms with E-state index in [1.165, 1.54) is 41.4 Å². The Morgan fingerprint density at radius 3 is 2.54 bits per heavy atom. The fourth-order valence-electron chi connectivity index (χ4n) is 3.13. The molecule has 3 aromatic rings. The van der Waals surface area contributed by atoms with Crippen LogP contribution >= 0.6 is 0 Å². The van der Waals surface area contributed by atoms with E-state index in [1.807, 2.05) is 0 Å². The fraction of sp³-hybridized carbons (Fsp3) is 0.158. The van der Waals surface area contributed by atoms with Crippen molar-refractivity contribution < 1.29 is 22.3 Å². The van der Waals surface area contributed by atoms with Crippen molar-refractivity contribution in [1.82, 2.24) is 9.55 Å². The third-order valence-electron chi connectivity index (χ3n) is 4.28. The third kappa shape index (κ3) is 3.19. The zero-order valence-corrected chi connectivity index (χ0v) is 14.6. The smallest absolute Gasteiger partial charge is 0.387 e. The molecule has 1 atom stereocenters. The summed E-state index contributed by atoms with van der Waals surface area (Å²) >= 11 is 0. The van der Waals surface area contributed by atoms with E-state index in [2.05, 4.69) is 14.7 Å². The maximum absolute atomic E-state index is 14.1. The third-order valence-corrected chi connectivity index (χ3v) is 4.28. The lowest BCUT2D eigenvalue weighted by Crippen LogP contribution is -2.30. The largest absolute Gasteiger partial charge is 0.435 e. The molecule has 28 heavy (non-hydrogen) atoms. The number of para-hydroxylation sites is 1. The highest BCUT2D eigenvalue weighted by Crippen LogP contribution is 2.33. The number of rotatable bonds is 4. The van der Waals surface area contributed by atoms with Gasteiger partial charge in [0.1, 0.15) is 17.1 Å². The van der Waals surface area contributed by atoms with Crippen molar-refractivity contribution in [2.45, 2.75) is 19.8 Å². The molecular weight excluding hydrogens is 376 g/mol. The zero-order chi connectivity index (χ0) is 19.8. The van der Waals surface area contributed by atoms with Crippen molar-refractivity contribution in [3.8, 4) is 5.75 Å². The Bertz CT molecular complexity index is 1080. The van der Waals surface area contributed by atoms with Crippen molar-refractivity contribution >= 4 is 22.9 Å². The van der Waals surface area contributed by atoms with Crippen LogP contribution in [0.5, 0.6) is 5.75 Å². The maximum Gasteiger partial charge on any atom is 0.387 e. The van der Waals surface area contributed by atoms with Gasteiger partial charge >= 0.3 is 6.61 Å². The molecule has 0 bridgehead atoms. The molecule has 144 valence electrons. The summed E-state index contributed by atoms with van der Waals surface area (Å²) in [5.41, 5.74) is 1.17. The summed E-state index contributed by atoms with van der Waals surface area (Å²) in [4.78, 5) is 9.98. The second-order valence-electron chi connectivity index (χ2n) is 6.05. The van der Waals surface area contributed by atoms with Crippen LogP contribution in [0.4, 0.5) is 23.2 Å². The number of fused-ring (bicyclic) bond motifs is 1. The number of aliphatic imine (C=N–C) groups is 1. The van der Waals surface area contributed by atoms with E-state index in [9.17, 15) is 17.6 Å². The topological polar surface area (TPSA) is 42.7 Å². The SMILES string of the molecule is Cc1nc2c(F)cccc2n1C1N=CC(F)=CN1c1ccc(OC(F)F)cc1. The standard InChI is InChI=1S/C19H14F4N4O/c1-11-25-17-15(21)3-2-4-16(17)27(11)19-24-9-12(20)10-26(19)13-5-7-14(8-6-13)28-18(22)23/h2-10,18-19H,1H3. The van der Waals surface area contributed by atoms with Gasteiger partial charge in [-0.2, -0.15) is 8.78 Å². The summed E-state index contributed by atoms with van der Waals surface area (Å²) in [5, 5.41) is 0. The minimum absolute atomic E-state index is 0.0217. The minimum atomic E-state index is -2.94. The Morgan fingerprint density at radius 2 is 1.82 bits per heavy atom. The summed E-state index contributed by atoms with van der Waals surface area (Å²) in [6.07, 6.45) is 1.53. The molecule has 9 heteroatoms. The second-order valence-corrected chi connectivity index (χ2v) is 6.05. The molecule has 0 amide bonds. The lowest BCUT2D eigenvalue weighted by molar-refractivity contribution is -0.0498. The minimum Gasteiger partial charge on any atom is -0.435 e. The first kappa shape index (κ1) is 18.0. The van der Waals surface area contributed by atoms with Crippen LogP contribution in [-0.4, -0.2) is 22.4 Å². The molecule has 0 N–H and O–H groups in total. The second kappa shape index (κ2) is 6.99. The highest BCUT2D eigenvalue weighted by molar-refractivity contribution is 5.80. The van der Waals surface area contributed by atoms with E-state index < -0.39 is 24.5 Å². The van der Waals surface area contributed by atoms with Crippen LogP contribution in [-0.2, 0) is 0 Å². The molecule has 0 saturated carbocycles. The van der Waals surface area contributed by atoms with Crippen molar-refractivity contribution in [2.24, 2.45) is 4.99 Å². The molecule has 5 nitrogen and oxygen atoms in total. The van der Waals surface area contributed by atoms with Gasteiger partial charge < -0.3 is 9.64 Å². The van der Waals surface area contributed by atoms with Gasteiger partial charge in [0.25, 0.3) is 0 Å². The zero-order valence-electron chi connectivity index (χ0n) is 14.6. The molecule has 0 radical (unpaired) electrons. The van der Waals surface area contributed by atoms with Gasteiger partial charge in [-0.1, -0.05) is 6.07 Å². The van der Waals surface area contributed by atoms with Gasteiger partial charge in [-0.3, -0.25) is 4.57 Å². The van der Waals surface area contributed by atoms with Gasteiger partial charge in [0.15, 0.2) is 11.6 Å². The average Bonchev–Trinajstić information content (AvgIpc) is 2.99. The predicted octanol–water partition coefficient (Wildman–Crippen LogP) is 4.94. The first-order chi connectivity index (χ1) is 13.4. The number of aryl methyl sites for hydroxylation is 1. The Kier molecular flexibility index (Phi) is 4.50. The first-order valence-corrected chi connectivity index (χ1v) is 8.31. The molecule has 2 aromatic carbocycles. The first-order valence-electron chi connectivity index (χ1n) is 8.31. The highest BCUT2D eigenvalue weighted by atomic mass is 19.3. The van der Waals surface area contributed by atoms with Crippen molar-refractivity contribution in [3.63, 3.8) is 0 Å². The van der Waals surface area contributed by atoms with Crippen LogP contribution in [0.2, 0.25) is 0 Å². The molecule has 2 heterocycles. The van der Waals surface area contributed by atoms with Gasteiger partial charge in [-0.15, -0.1) is 0 Å². The molecule has 0 fully saturated rings. The molecule has 0 spiro atoms. The Hall–Kier alpha value is -3.36. The summed E-state index contributed by atoms with van der Waals surface area (Å²) < 4.78 is 58.7. The van der Waals surface area contributed by atoms with E-state index in [4.69, 9.17) is 0 Å². The molecular formula is C19H14F4N4O. The Balaban J connectivity index is 1.77. The summed E-state index contributed by atoms with van der Waals surface area (Å²) in [7, 11) is 0. The van der Waals surface area contributed by atoms with Gasteiger partial charge in [-0.25, -0.2) is 18.8 Å². The fourth-order valence-corrected chi connectivity index (χ4v) is 3.13. The van der Waals surface area contributed by atoms with Crippen LogP contribution in [0.15, 0.2) is 59.5 Å². The van der Waals surface area contributed by atoms with Gasteiger partial charge in [-0.05, 0) is 43.3 Å². The predicted molar refractivity (Wildman–Crippen MR) is 96.7 cm³/mol. The molecule has 1 unspecified atom stereocenters. The summed E-state index contributed by atoms with van der Waals surface area (Å²) in [6, 6.07) is 10.3. The van der Waals surface area contributed by atoms with Crippen molar-refractivity contribution in [2.75, 3.05) is 4.90 Å². The van der Waals surface area contributed by atoms with Gasteiger partial charge in [0.2, 0.25) is 6.29 Å². The van der Waals surface area contributed by atoms with Crippen molar-refractivity contribution in [1.29, 1.82) is 0 Å². The average molecular weight is 390 g/mol. The van der Waals surface area contributed by atoms with E-state index in [0.717, 1.165) is 6.21 Å².